The lowest BCUT2D eigenvalue weighted by Crippen LogP contribution is -2.39. The Bertz CT molecular complexity index is 672. The Kier molecular flexibility index (Phi) is 5.47. The number of ketones is 1. The molecule has 0 radical (unpaired) electrons. The van der Waals surface area contributed by atoms with Crippen LogP contribution in [-0.2, 0) is 9.59 Å². The number of halogens is 3. The summed E-state index contributed by atoms with van der Waals surface area (Å²) in [5.74, 6) is -1.62. The largest absolute Gasteiger partial charge is 0.449 e. The molecule has 5 nitrogen and oxygen atoms in total. The molecule has 25 heavy (non-hydrogen) atoms. The van der Waals surface area contributed by atoms with Crippen molar-refractivity contribution in [1.82, 2.24) is 10.3 Å². The van der Waals surface area contributed by atoms with Crippen molar-refractivity contribution in [3.8, 4) is 0 Å². The minimum atomic E-state index is -4.81. The van der Waals surface area contributed by atoms with Gasteiger partial charge in [-0.25, -0.2) is 4.98 Å². The van der Waals surface area contributed by atoms with Crippen LogP contribution >= 0.6 is 23.1 Å². The number of alkyl halides is 3. The van der Waals surface area contributed by atoms with Gasteiger partial charge in [0, 0.05) is 29.8 Å². The molecule has 3 rings (SSSR count). The zero-order valence-electron chi connectivity index (χ0n) is 13.1. The lowest BCUT2D eigenvalue weighted by atomic mass is 10.1. The SMILES string of the molecule is O=C(NCCCC(=O)C(F)(F)F)C1N=C(c2nccs2)SC1C1CC1. The van der Waals surface area contributed by atoms with E-state index in [1.807, 2.05) is 5.38 Å². The summed E-state index contributed by atoms with van der Waals surface area (Å²) >= 11 is 3.01. The Morgan fingerprint density at radius 2 is 2.08 bits per heavy atom. The molecule has 136 valence electrons. The van der Waals surface area contributed by atoms with Gasteiger partial charge in [0.1, 0.15) is 16.1 Å². The molecule has 2 atom stereocenters. The zero-order valence-corrected chi connectivity index (χ0v) is 14.7. The number of nitrogens with zero attached hydrogens (tertiary/aromatic N) is 2. The third kappa shape index (κ3) is 4.60. The Labute approximate surface area is 150 Å². The highest BCUT2D eigenvalue weighted by Gasteiger charge is 2.45. The van der Waals surface area contributed by atoms with Crippen LogP contribution in [0.15, 0.2) is 16.6 Å². The molecule has 2 heterocycles. The van der Waals surface area contributed by atoms with Gasteiger partial charge in [0.2, 0.25) is 11.7 Å². The number of amides is 1. The molecule has 1 aliphatic heterocycles. The molecule has 1 amide bonds. The van der Waals surface area contributed by atoms with Crippen LogP contribution < -0.4 is 5.32 Å². The van der Waals surface area contributed by atoms with Crippen LogP contribution in [0.1, 0.15) is 30.7 Å². The standard InChI is InChI=1S/C15H16F3N3O2S2/c16-15(17,18)9(22)2-1-5-19-12(23)10-11(8-3-4-8)25-14(21-10)13-20-6-7-24-13/h6-8,10-11H,1-5H2,(H,19,23). The number of rotatable bonds is 7. The first-order valence-electron chi connectivity index (χ1n) is 7.88. The molecular formula is C15H16F3N3O2S2. The van der Waals surface area contributed by atoms with Crippen molar-refractivity contribution in [2.24, 2.45) is 10.9 Å². The number of Topliss-reactive ketones (excluding diaryl/α,β-unsaturated/α-hetero) is 1. The molecular weight excluding hydrogens is 375 g/mol. The smallest absolute Gasteiger partial charge is 0.354 e. The fourth-order valence-corrected chi connectivity index (χ4v) is 4.73. The van der Waals surface area contributed by atoms with E-state index < -0.39 is 24.4 Å². The van der Waals surface area contributed by atoms with Gasteiger partial charge in [0.05, 0.1) is 0 Å². The molecule has 1 fully saturated rings. The van der Waals surface area contributed by atoms with Crippen molar-refractivity contribution < 1.29 is 22.8 Å². The average molecular weight is 391 g/mol. The first-order chi connectivity index (χ1) is 11.9. The number of thiazole rings is 1. The molecule has 1 aromatic rings. The van der Waals surface area contributed by atoms with Gasteiger partial charge >= 0.3 is 6.18 Å². The Morgan fingerprint density at radius 1 is 1.32 bits per heavy atom. The highest BCUT2D eigenvalue weighted by atomic mass is 32.2. The Balaban J connectivity index is 1.53. The predicted molar refractivity (Wildman–Crippen MR) is 89.8 cm³/mol. The summed E-state index contributed by atoms with van der Waals surface area (Å²) in [7, 11) is 0. The van der Waals surface area contributed by atoms with Gasteiger partial charge in [-0.1, -0.05) is 11.8 Å². The zero-order chi connectivity index (χ0) is 18.0. The quantitative estimate of drug-likeness (QED) is 0.726. The van der Waals surface area contributed by atoms with Crippen LogP contribution in [0, 0.1) is 5.92 Å². The Morgan fingerprint density at radius 3 is 2.68 bits per heavy atom. The minimum Gasteiger partial charge on any atom is -0.354 e. The lowest BCUT2D eigenvalue weighted by Gasteiger charge is -2.16. The highest BCUT2D eigenvalue weighted by molar-refractivity contribution is 8.15. The van der Waals surface area contributed by atoms with Crippen LogP contribution in [0.2, 0.25) is 0 Å². The number of carbonyl (C=O) groups excluding carboxylic acids is 2. The van der Waals surface area contributed by atoms with Gasteiger partial charge in [0.25, 0.3) is 0 Å². The van der Waals surface area contributed by atoms with E-state index in [9.17, 15) is 22.8 Å². The minimum absolute atomic E-state index is 0.0291. The van der Waals surface area contributed by atoms with Gasteiger partial charge in [-0.05, 0) is 25.2 Å². The first-order valence-corrected chi connectivity index (χ1v) is 9.64. The van der Waals surface area contributed by atoms with E-state index in [1.54, 1.807) is 18.0 Å². The molecule has 10 heteroatoms. The number of nitrogens with one attached hydrogen (secondary N) is 1. The van der Waals surface area contributed by atoms with Crippen LogP contribution in [0.3, 0.4) is 0 Å². The van der Waals surface area contributed by atoms with Crippen molar-refractivity contribution in [2.45, 2.75) is 43.2 Å². The summed E-state index contributed by atoms with van der Waals surface area (Å²) in [4.78, 5) is 31.9. The van der Waals surface area contributed by atoms with Gasteiger partial charge in [-0.15, -0.1) is 11.3 Å². The summed E-state index contributed by atoms with van der Waals surface area (Å²) in [6.07, 6.45) is -1.68. The van der Waals surface area contributed by atoms with Crippen LogP contribution in [-0.4, -0.2) is 45.7 Å². The molecule has 1 N–H and O–H groups in total. The van der Waals surface area contributed by atoms with Crippen molar-refractivity contribution in [3.05, 3.63) is 16.6 Å². The summed E-state index contributed by atoms with van der Waals surface area (Å²) in [5, 5.41) is 6.04. The molecule has 2 aliphatic rings. The molecule has 0 saturated heterocycles. The molecule has 0 bridgehead atoms. The third-order valence-corrected chi connectivity index (χ3v) is 6.33. The van der Waals surface area contributed by atoms with Gasteiger partial charge in [-0.2, -0.15) is 13.2 Å². The van der Waals surface area contributed by atoms with Crippen LogP contribution in [0.5, 0.6) is 0 Å². The average Bonchev–Trinajstić information content (AvgIpc) is 3.09. The second-order valence-corrected chi connectivity index (χ2v) is 8.01. The van der Waals surface area contributed by atoms with Crippen LogP contribution in [0.25, 0.3) is 0 Å². The molecule has 1 aromatic heterocycles. The van der Waals surface area contributed by atoms with Gasteiger partial charge in [-0.3, -0.25) is 14.6 Å². The van der Waals surface area contributed by atoms with Crippen molar-refractivity contribution in [1.29, 1.82) is 0 Å². The van der Waals surface area contributed by atoms with Gasteiger partial charge < -0.3 is 5.32 Å². The summed E-state index contributed by atoms with van der Waals surface area (Å²) in [6, 6.07) is -0.547. The number of aromatic nitrogens is 1. The molecule has 0 spiro atoms. The van der Waals surface area contributed by atoms with Gasteiger partial charge in [0.15, 0.2) is 0 Å². The molecule has 2 unspecified atom stereocenters. The first kappa shape index (κ1) is 18.4. The third-order valence-electron chi connectivity index (χ3n) is 3.98. The summed E-state index contributed by atoms with van der Waals surface area (Å²) in [6.45, 7) is 0.0291. The second kappa shape index (κ2) is 7.45. The van der Waals surface area contributed by atoms with Crippen molar-refractivity contribution in [3.63, 3.8) is 0 Å². The number of aliphatic imine (C=N–C) groups is 1. The van der Waals surface area contributed by atoms with E-state index >= 15 is 0 Å². The summed E-state index contributed by atoms with van der Waals surface area (Å²) < 4.78 is 36.4. The monoisotopic (exact) mass is 391 g/mol. The maximum absolute atomic E-state index is 12.4. The molecule has 1 aliphatic carbocycles. The maximum atomic E-state index is 12.4. The van der Waals surface area contributed by atoms with E-state index in [4.69, 9.17) is 0 Å². The maximum Gasteiger partial charge on any atom is 0.449 e. The van der Waals surface area contributed by atoms with E-state index in [1.165, 1.54) is 11.3 Å². The number of carbonyl (C=O) groups is 2. The summed E-state index contributed by atoms with van der Waals surface area (Å²) in [5.41, 5.74) is 0. The van der Waals surface area contributed by atoms with Crippen molar-refractivity contribution in [2.75, 3.05) is 6.54 Å². The predicted octanol–water partition coefficient (Wildman–Crippen LogP) is 2.81. The second-order valence-electron chi connectivity index (χ2n) is 5.95. The van der Waals surface area contributed by atoms with Crippen LogP contribution in [0.4, 0.5) is 13.2 Å². The van der Waals surface area contributed by atoms with E-state index in [2.05, 4.69) is 15.3 Å². The van der Waals surface area contributed by atoms with E-state index in [0.29, 0.717) is 5.92 Å². The number of hydrogen-bond acceptors (Lipinski definition) is 6. The Hall–Kier alpha value is -1.42. The van der Waals surface area contributed by atoms with Crippen molar-refractivity contribution >= 4 is 39.8 Å². The van der Waals surface area contributed by atoms with E-state index in [-0.39, 0.29) is 24.1 Å². The number of hydrogen-bond donors (Lipinski definition) is 1. The molecule has 1 saturated carbocycles. The topological polar surface area (TPSA) is 71.4 Å². The van der Waals surface area contributed by atoms with E-state index in [0.717, 1.165) is 22.9 Å². The number of thioether (sulfide) groups is 1. The lowest BCUT2D eigenvalue weighted by molar-refractivity contribution is -0.171. The fourth-order valence-electron chi connectivity index (χ4n) is 2.55. The highest BCUT2D eigenvalue weighted by Crippen LogP contribution is 2.46. The fraction of sp³-hybridized carbons (Fsp3) is 0.600. The molecule has 0 aromatic carbocycles. The normalized spacial score (nSPS) is 23.4.